The predicted octanol–water partition coefficient (Wildman–Crippen LogP) is 2.83. The van der Waals surface area contributed by atoms with E-state index in [4.69, 9.17) is 9.84 Å². The summed E-state index contributed by atoms with van der Waals surface area (Å²) in [7, 11) is 1.57. The third-order valence-electron chi connectivity index (χ3n) is 3.73. The molecule has 1 aliphatic rings. The maximum absolute atomic E-state index is 12.7. The van der Waals surface area contributed by atoms with Crippen LogP contribution in [0.1, 0.15) is 36.0 Å². The Kier molecular flexibility index (Phi) is 5.43. The number of carbonyl (C=O) groups excluding carboxylic acids is 1. The molecule has 1 aromatic rings. The minimum absolute atomic E-state index is 0.00694. The zero-order valence-electron chi connectivity index (χ0n) is 11.6. The third-order valence-corrected chi connectivity index (χ3v) is 4.22. The molecule has 1 N–H and O–H groups in total. The van der Waals surface area contributed by atoms with Gasteiger partial charge in [-0.05, 0) is 43.9 Å². The van der Waals surface area contributed by atoms with Crippen LogP contribution in [-0.4, -0.2) is 42.2 Å². The topological polar surface area (TPSA) is 49.8 Å². The van der Waals surface area contributed by atoms with Crippen LogP contribution in [0.15, 0.2) is 22.7 Å². The van der Waals surface area contributed by atoms with Crippen LogP contribution >= 0.6 is 15.9 Å². The van der Waals surface area contributed by atoms with Crippen molar-refractivity contribution in [2.45, 2.75) is 31.7 Å². The van der Waals surface area contributed by atoms with Crippen LogP contribution in [0.25, 0.3) is 0 Å². The number of ether oxygens (including phenoxy) is 1. The molecule has 0 unspecified atom stereocenters. The van der Waals surface area contributed by atoms with Gasteiger partial charge in [0.2, 0.25) is 0 Å². The Morgan fingerprint density at radius 3 is 2.80 bits per heavy atom. The summed E-state index contributed by atoms with van der Waals surface area (Å²) >= 11 is 3.38. The van der Waals surface area contributed by atoms with E-state index in [1.807, 2.05) is 11.0 Å². The van der Waals surface area contributed by atoms with Gasteiger partial charge in [-0.25, -0.2) is 0 Å². The van der Waals surface area contributed by atoms with E-state index in [0.29, 0.717) is 30.3 Å². The van der Waals surface area contributed by atoms with Crippen molar-refractivity contribution in [3.63, 3.8) is 0 Å². The molecule has 0 saturated heterocycles. The fourth-order valence-electron chi connectivity index (χ4n) is 2.39. The van der Waals surface area contributed by atoms with Crippen molar-refractivity contribution < 1.29 is 14.6 Å². The molecule has 1 fully saturated rings. The van der Waals surface area contributed by atoms with E-state index >= 15 is 0 Å². The van der Waals surface area contributed by atoms with Gasteiger partial charge in [-0.3, -0.25) is 4.79 Å². The molecule has 5 heteroatoms. The van der Waals surface area contributed by atoms with Gasteiger partial charge in [-0.1, -0.05) is 15.9 Å². The lowest BCUT2D eigenvalue weighted by Crippen LogP contribution is -2.45. The van der Waals surface area contributed by atoms with Crippen LogP contribution in [0.3, 0.4) is 0 Å². The lowest BCUT2D eigenvalue weighted by atomic mass is 9.90. The van der Waals surface area contributed by atoms with Crippen molar-refractivity contribution in [2.75, 3.05) is 20.3 Å². The number of methoxy groups -OCH3 is 1. The first kappa shape index (κ1) is 15.3. The highest BCUT2D eigenvalue weighted by atomic mass is 79.9. The lowest BCUT2D eigenvalue weighted by Gasteiger charge is -2.37. The first-order chi connectivity index (χ1) is 9.67. The van der Waals surface area contributed by atoms with Crippen molar-refractivity contribution in [1.82, 2.24) is 4.90 Å². The molecule has 110 valence electrons. The van der Waals surface area contributed by atoms with Crippen molar-refractivity contribution in [2.24, 2.45) is 0 Å². The third kappa shape index (κ3) is 3.33. The normalized spacial score (nSPS) is 14.8. The minimum Gasteiger partial charge on any atom is -0.496 e. The molecule has 0 aromatic heterocycles. The van der Waals surface area contributed by atoms with E-state index in [0.717, 1.165) is 17.3 Å². The van der Waals surface area contributed by atoms with Crippen LogP contribution in [-0.2, 0) is 0 Å². The Morgan fingerprint density at radius 2 is 2.25 bits per heavy atom. The molecule has 1 aliphatic carbocycles. The van der Waals surface area contributed by atoms with Crippen LogP contribution < -0.4 is 4.74 Å². The zero-order chi connectivity index (χ0) is 14.5. The highest BCUT2D eigenvalue weighted by molar-refractivity contribution is 9.10. The summed E-state index contributed by atoms with van der Waals surface area (Å²) in [5, 5.41) is 9.01. The molecule has 1 amide bonds. The Bertz CT molecular complexity index is 474. The number of aliphatic hydroxyl groups excluding tert-OH is 1. The van der Waals surface area contributed by atoms with E-state index in [-0.39, 0.29) is 12.5 Å². The summed E-state index contributed by atoms with van der Waals surface area (Å²) < 4.78 is 6.19. The van der Waals surface area contributed by atoms with Gasteiger partial charge in [0.25, 0.3) is 5.91 Å². The summed E-state index contributed by atoms with van der Waals surface area (Å²) in [5.74, 6) is 0.574. The van der Waals surface area contributed by atoms with Gasteiger partial charge in [0.15, 0.2) is 0 Å². The predicted molar refractivity (Wildman–Crippen MR) is 81.1 cm³/mol. The molecule has 1 aromatic carbocycles. The quantitative estimate of drug-likeness (QED) is 0.865. The van der Waals surface area contributed by atoms with E-state index in [9.17, 15) is 4.79 Å². The number of hydrogen-bond acceptors (Lipinski definition) is 3. The van der Waals surface area contributed by atoms with Gasteiger partial charge in [-0.15, -0.1) is 0 Å². The van der Waals surface area contributed by atoms with E-state index in [2.05, 4.69) is 15.9 Å². The van der Waals surface area contributed by atoms with Gasteiger partial charge in [-0.2, -0.15) is 0 Å². The van der Waals surface area contributed by atoms with Gasteiger partial charge >= 0.3 is 0 Å². The van der Waals surface area contributed by atoms with Gasteiger partial charge in [0, 0.05) is 23.7 Å². The van der Waals surface area contributed by atoms with Gasteiger partial charge < -0.3 is 14.7 Å². The molecule has 0 heterocycles. The van der Waals surface area contributed by atoms with Crippen molar-refractivity contribution in [3.05, 3.63) is 28.2 Å². The average Bonchev–Trinajstić information content (AvgIpc) is 2.40. The first-order valence-corrected chi connectivity index (χ1v) is 7.72. The molecule has 4 nitrogen and oxygen atoms in total. The summed E-state index contributed by atoms with van der Waals surface area (Å²) in [6.07, 6.45) is 3.89. The second-order valence-electron chi connectivity index (χ2n) is 5.01. The van der Waals surface area contributed by atoms with Crippen LogP contribution in [0.2, 0.25) is 0 Å². The maximum atomic E-state index is 12.7. The number of benzene rings is 1. The van der Waals surface area contributed by atoms with Crippen LogP contribution in [0.5, 0.6) is 5.75 Å². The highest BCUT2D eigenvalue weighted by Crippen LogP contribution is 2.30. The van der Waals surface area contributed by atoms with Crippen molar-refractivity contribution >= 4 is 21.8 Å². The molecular weight excluding hydrogens is 322 g/mol. The fourth-order valence-corrected chi connectivity index (χ4v) is 2.73. The maximum Gasteiger partial charge on any atom is 0.257 e. The van der Waals surface area contributed by atoms with E-state index in [1.165, 1.54) is 6.42 Å². The molecule has 1 saturated carbocycles. The second-order valence-corrected chi connectivity index (χ2v) is 5.92. The number of carbonyl (C=O) groups is 1. The number of amides is 1. The standard InChI is InChI=1S/C15H20BrNO3/c1-20-14-10-11(16)6-7-13(14)15(19)17(8-3-9-18)12-4-2-5-12/h6-7,10,12,18H,2-5,8-9H2,1H3. The minimum atomic E-state index is -0.00694. The first-order valence-electron chi connectivity index (χ1n) is 6.92. The van der Waals surface area contributed by atoms with Gasteiger partial charge in [0.05, 0.1) is 12.7 Å². The largest absolute Gasteiger partial charge is 0.496 e. The van der Waals surface area contributed by atoms with Crippen molar-refractivity contribution in [1.29, 1.82) is 0 Å². The average molecular weight is 342 g/mol. The van der Waals surface area contributed by atoms with Crippen molar-refractivity contribution in [3.8, 4) is 5.75 Å². The second kappa shape index (κ2) is 7.09. The molecule has 0 bridgehead atoms. The summed E-state index contributed by atoms with van der Waals surface area (Å²) in [5.41, 5.74) is 0.584. The Hall–Kier alpha value is -1.07. The van der Waals surface area contributed by atoms with Crippen LogP contribution in [0.4, 0.5) is 0 Å². The highest BCUT2D eigenvalue weighted by Gasteiger charge is 2.30. The molecule has 0 aliphatic heterocycles. The molecular formula is C15H20BrNO3. The van der Waals surface area contributed by atoms with E-state index < -0.39 is 0 Å². The summed E-state index contributed by atoms with van der Waals surface area (Å²) in [6.45, 7) is 0.702. The molecule has 0 radical (unpaired) electrons. The Balaban J connectivity index is 2.21. The smallest absolute Gasteiger partial charge is 0.257 e. The summed E-state index contributed by atoms with van der Waals surface area (Å²) in [4.78, 5) is 14.6. The SMILES string of the molecule is COc1cc(Br)ccc1C(=O)N(CCCO)C1CCC1. The number of nitrogens with zero attached hydrogens (tertiary/aromatic N) is 1. The Labute approximate surface area is 127 Å². The number of rotatable bonds is 6. The zero-order valence-corrected chi connectivity index (χ0v) is 13.2. The Morgan fingerprint density at radius 1 is 1.50 bits per heavy atom. The van der Waals surface area contributed by atoms with Crippen LogP contribution in [0, 0.1) is 0 Å². The molecule has 2 rings (SSSR count). The fraction of sp³-hybridized carbons (Fsp3) is 0.533. The number of hydrogen-bond donors (Lipinski definition) is 1. The molecule has 0 spiro atoms. The van der Waals surface area contributed by atoms with Gasteiger partial charge in [0.1, 0.15) is 5.75 Å². The molecule has 20 heavy (non-hydrogen) atoms. The molecule has 0 atom stereocenters. The lowest BCUT2D eigenvalue weighted by molar-refractivity contribution is 0.0559. The monoisotopic (exact) mass is 341 g/mol. The number of halogens is 1. The summed E-state index contributed by atoms with van der Waals surface area (Å²) in [6, 6.07) is 5.75. The number of aliphatic hydroxyl groups is 1. The van der Waals surface area contributed by atoms with E-state index in [1.54, 1.807) is 19.2 Å².